The number of ether oxygens (including phenoxy) is 4. The van der Waals surface area contributed by atoms with Gasteiger partial charge in [-0.15, -0.1) is 0 Å². The highest BCUT2D eigenvalue weighted by Crippen LogP contribution is 2.39. The molecule has 0 aromatic carbocycles. The molecule has 23 heavy (non-hydrogen) atoms. The number of carbonyl (C=O) groups is 1. The van der Waals surface area contributed by atoms with Crippen LogP contribution in [0.25, 0.3) is 0 Å². The summed E-state index contributed by atoms with van der Waals surface area (Å²) in [4.78, 5) is 11.4. The largest absolute Gasteiger partial charge is 0.344 e. The third kappa shape index (κ3) is 4.99. The molecule has 0 radical (unpaired) electrons. The van der Waals surface area contributed by atoms with E-state index in [1.807, 2.05) is 27.7 Å². The predicted molar refractivity (Wildman–Crippen MR) is 87.1 cm³/mol. The van der Waals surface area contributed by atoms with Gasteiger partial charge in [-0.3, -0.25) is 0 Å². The summed E-state index contributed by atoms with van der Waals surface area (Å²) >= 11 is 0. The number of carbonyl (C=O) groups excluding carboxylic acids is 1. The van der Waals surface area contributed by atoms with Crippen LogP contribution in [-0.4, -0.2) is 42.3 Å². The number of aldehydes is 1. The zero-order valence-corrected chi connectivity index (χ0v) is 15.2. The summed E-state index contributed by atoms with van der Waals surface area (Å²) in [5.41, 5.74) is 0. The lowest BCUT2D eigenvalue weighted by atomic mass is 9.99. The molecule has 5 heteroatoms. The molecule has 0 aromatic rings. The Labute approximate surface area is 140 Å². The second kappa shape index (κ2) is 7.60. The van der Waals surface area contributed by atoms with E-state index < -0.39 is 23.8 Å². The quantitative estimate of drug-likeness (QED) is 0.503. The highest BCUT2D eigenvalue weighted by Gasteiger charge is 2.53. The fourth-order valence-electron chi connectivity index (χ4n) is 3.49. The number of hydrogen-bond acceptors (Lipinski definition) is 5. The Hall–Kier alpha value is -0.490. The maximum absolute atomic E-state index is 11.4. The van der Waals surface area contributed by atoms with Crippen molar-refractivity contribution in [2.45, 2.75) is 109 Å². The van der Waals surface area contributed by atoms with Gasteiger partial charge in [0, 0.05) is 0 Å². The second-order valence-electron chi connectivity index (χ2n) is 7.54. The van der Waals surface area contributed by atoms with E-state index in [4.69, 9.17) is 18.9 Å². The predicted octanol–water partition coefficient (Wildman–Crippen LogP) is 3.59. The van der Waals surface area contributed by atoms with Crippen molar-refractivity contribution in [3.8, 4) is 0 Å². The molecule has 0 N–H and O–H groups in total. The molecule has 4 atom stereocenters. The maximum atomic E-state index is 11.4. The van der Waals surface area contributed by atoms with Crippen LogP contribution in [0.1, 0.15) is 73.1 Å². The first kappa shape index (κ1) is 18.8. The van der Waals surface area contributed by atoms with E-state index in [1.54, 1.807) is 0 Å². The van der Waals surface area contributed by atoms with Crippen LogP contribution in [-0.2, 0) is 23.7 Å². The normalized spacial score (nSPS) is 35.5. The van der Waals surface area contributed by atoms with Crippen LogP contribution in [0.3, 0.4) is 0 Å². The highest BCUT2D eigenvalue weighted by atomic mass is 16.8. The van der Waals surface area contributed by atoms with Crippen molar-refractivity contribution in [3.05, 3.63) is 0 Å². The standard InChI is InChI=1S/C18H32O5/c1-6-7-8-9-10-11-13-15(22-17(2,3)20-13)16-14(12-19)21-18(4,5)23-16/h12-16H,6-11H2,1-5H3/t13-,14+,15+,16-/m0/s1. The molecule has 2 rings (SSSR count). The summed E-state index contributed by atoms with van der Waals surface area (Å²) in [5, 5.41) is 0. The zero-order chi connectivity index (χ0) is 17.1. The molecule has 0 saturated carbocycles. The third-order valence-corrected chi connectivity index (χ3v) is 4.44. The first-order valence-electron chi connectivity index (χ1n) is 8.94. The van der Waals surface area contributed by atoms with E-state index >= 15 is 0 Å². The van der Waals surface area contributed by atoms with Crippen LogP contribution in [0, 0.1) is 0 Å². The average molecular weight is 328 g/mol. The Kier molecular flexibility index (Phi) is 6.22. The summed E-state index contributed by atoms with van der Waals surface area (Å²) in [6.45, 7) is 9.68. The molecule has 2 heterocycles. The van der Waals surface area contributed by atoms with Gasteiger partial charge >= 0.3 is 0 Å². The molecule has 2 fully saturated rings. The van der Waals surface area contributed by atoms with Gasteiger partial charge in [-0.25, -0.2) is 0 Å². The molecular weight excluding hydrogens is 296 g/mol. The first-order valence-corrected chi connectivity index (χ1v) is 8.94. The fourth-order valence-corrected chi connectivity index (χ4v) is 3.49. The van der Waals surface area contributed by atoms with Gasteiger partial charge in [-0.1, -0.05) is 39.0 Å². The molecule has 0 aliphatic carbocycles. The van der Waals surface area contributed by atoms with E-state index in [0.29, 0.717) is 0 Å². The van der Waals surface area contributed by atoms with Crippen molar-refractivity contribution in [3.63, 3.8) is 0 Å². The van der Waals surface area contributed by atoms with E-state index in [2.05, 4.69) is 6.92 Å². The van der Waals surface area contributed by atoms with Crippen molar-refractivity contribution in [1.29, 1.82) is 0 Å². The SMILES string of the molecule is CCCCCCC[C@@H]1OC(C)(C)O[C@H]1[C@H]1OC(C)(C)O[C@@H]1C=O. The Bertz CT molecular complexity index is 393. The Morgan fingerprint density at radius 1 is 0.826 bits per heavy atom. The zero-order valence-electron chi connectivity index (χ0n) is 15.2. The van der Waals surface area contributed by atoms with Crippen LogP contribution in [0.15, 0.2) is 0 Å². The lowest BCUT2D eigenvalue weighted by molar-refractivity contribution is -0.175. The minimum atomic E-state index is -0.766. The lowest BCUT2D eigenvalue weighted by Crippen LogP contribution is -2.42. The molecule has 0 spiro atoms. The maximum Gasteiger partial charge on any atom is 0.164 e. The molecule has 2 aliphatic heterocycles. The number of unbranched alkanes of at least 4 members (excludes halogenated alkanes) is 4. The summed E-state index contributed by atoms with van der Waals surface area (Å²) in [7, 11) is 0. The van der Waals surface area contributed by atoms with E-state index in [1.165, 1.54) is 25.7 Å². The van der Waals surface area contributed by atoms with Crippen molar-refractivity contribution in [2.75, 3.05) is 0 Å². The fraction of sp³-hybridized carbons (Fsp3) is 0.944. The molecule has 5 nitrogen and oxygen atoms in total. The lowest BCUT2D eigenvalue weighted by Gasteiger charge is -2.24. The minimum absolute atomic E-state index is 0.0587. The van der Waals surface area contributed by atoms with Crippen molar-refractivity contribution in [2.24, 2.45) is 0 Å². The van der Waals surface area contributed by atoms with Gasteiger partial charge in [-0.2, -0.15) is 0 Å². The molecule has 0 bridgehead atoms. The minimum Gasteiger partial charge on any atom is -0.344 e. The Morgan fingerprint density at radius 2 is 1.43 bits per heavy atom. The van der Waals surface area contributed by atoms with Crippen molar-refractivity contribution < 1.29 is 23.7 Å². The monoisotopic (exact) mass is 328 g/mol. The number of hydrogen-bond donors (Lipinski definition) is 0. The van der Waals surface area contributed by atoms with E-state index in [-0.39, 0.29) is 12.2 Å². The summed E-state index contributed by atoms with van der Waals surface area (Å²) in [5.74, 6) is -1.42. The van der Waals surface area contributed by atoms with Gasteiger partial charge in [0.15, 0.2) is 17.9 Å². The Balaban J connectivity index is 1.98. The van der Waals surface area contributed by atoms with Gasteiger partial charge in [0.05, 0.1) is 6.10 Å². The average Bonchev–Trinajstić information content (AvgIpc) is 2.94. The van der Waals surface area contributed by atoms with Crippen LogP contribution in [0.5, 0.6) is 0 Å². The summed E-state index contributed by atoms with van der Waals surface area (Å²) in [6, 6.07) is 0. The van der Waals surface area contributed by atoms with E-state index in [0.717, 1.165) is 19.1 Å². The first-order chi connectivity index (χ1) is 10.8. The molecule has 134 valence electrons. The van der Waals surface area contributed by atoms with E-state index in [9.17, 15) is 4.79 Å². The summed E-state index contributed by atoms with van der Waals surface area (Å²) < 4.78 is 23.7. The molecule has 2 aliphatic rings. The van der Waals surface area contributed by atoms with Crippen LogP contribution < -0.4 is 0 Å². The van der Waals surface area contributed by atoms with Gasteiger partial charge in [0.2, 0.25) is 0 Å². The van der Waals surface area contributed by atoms with Crippen LogP contribution in [0.2, 0.25) is 0 Å². The topological polar surface area (TPSA) is 54.0 Å². The van der Waals surface area contributed by atoms with Gasteiger partial charge in [-0.05, 0) is 34.1 Å². The van der Waals surface area contributed by atoms with Crippen LogP contribution >= 0.6 is 0 Å². The molecule has 2 saturated heterocycles. The van der Waals surface area contributed by atoms with Crippen molar-refractivity contribution >= 4 is 6.29 Å². The second-order valence-corrected chi connectivity index (χ2v) is 7.54. The highest BCUT2D eigenvalue weighted by molar-refractivity contribution is 5.58. The Morgan fingerprint density at radius 3 is 2.09 bits per heavy atom. The molecular formula is C18H32O5. The smallest absolute Gasteiger partial charge is 0.164 e. The summed E-state index contributed by atoms with van der Waals surface area (Å²) in [6.07, 6.45) is 6.46. The van der Waals surface area contributed by atoms with Crippen molar-refractivity contribution in [1.82, 2.24) is 0 Å². The van der Waals surface area contributed by atoms with Gasteiger partial charge in [0.25, 0.3) is 0 Å². The third-order valence-electron chi connectivity index (χ3n) is 4.44. The van der Waals surface area contributed by atoms with Gasteiger partial charge in [0.1, 0.15) is 18.3 Å². The molecule has 0 aromatic heterocycles. The molecule has 0 amide bonds. The number of rotatable bonds is 8. The molecule has 0 unspecified atom stereocenters. The van der Waals surface area contributed by atoms with Gasteiger partial charge < -0.3 is 23.7 Å². The van der Waals surface area contributed by atoms with Crippen LogP contribution in [0.4, 0.5) is 0 Å².